The topological polar surface area (TPSA) is 78.8 Å². The van der Waals surface area contributed by atoms with Crippen molar-refractivity contribution in [3.05, 3.63) is 52.9 Å². The Balaban J connectivity index is 1.45. The quantitative estimate of drug-likeness (QED) is 0.625. The van der Waals surface area contributed by atoms with Crippen molar-refractivity contribution in [2.75, 3.05) is 23.3 Å². The van der Waals surface area contributed by atoms with E-state index in [1.54, 1.807) is 4.57 Å². The number of rotatable bonds is 5. The molecule has 1 amide bonds. The average molecular weight is 409 g/mol. The number of pyridine rings is 1. The molecule has 0 aliphatic carbocycles. The number of H-pyrrole nitrogens is 1. The van der Waals surface area contributed by atoms with Gasteiger partial charge in [0, 0.05) is 18.7 Å². The minimum Gasteiger partial charge on any atom is -0.370 e. The molecule has 2 N–H and O–H groups in total. The number of aryl methyl sites for hydroxylation is 1. The summed E-state index contributed by atoms with van der Waals surface area (Å²) >= 11 is 5.32. The van der Waals surface area contributed by atoms with Gasteiger partial charge in [0.15, 0.2) is 10.6 Å². The van der Waals surface area contributed by atoms with Crippen LogP contribution in [0.3, 0.4) is 0 Å². The van der Waals surface area contributed by atoms with Gasteiger partial charge in [-0.2, -0.15) is 5.10 Å². The number of nitrogens with one attached hydrogen (secondary N) is 2. The molecule has 0 atom stereocenters. The SMILES string of the molecule is Cc1cccc(-c2n[nH]c(=S)n2CC(=O)Nc2ccc(N3CCCCC3)cn2)c1. The monoisotopic (exact) mass is 408 g/mol. The molecule has 4 rings (SSSR count). The second-order valence-electron chi connectivity index (χ2n) is 7.31. The summed E-state index contributed by atoms with van der Waals surface area (Å²) < 4.78 is 2.10. The highest BCUT2D eigenvalue weighted by molar-refractivity contribution is 7.71. The molecular weight excluding hydrogens is 384 g/mol. The highest BCUT2D eigenvalue weighted by atomic mass is 32.1. The largest absolute Gasteiger partial charge is 0.370 e. The van der Waals surface area contributed by atoms with Crippen molar-refractivity contribution in [1.82, 2.24) is 19.7 Å². The molecule has 1 fully saturated rings. The van der Waals surface area contributed by atoms with E-state index in [1.807, 2.05) is 49.5 Å². The van der Waals surface area contributed by atoms with Gasteiger partial charge >= 0.3 is 0 Å². The zero-order valence-electron chi connectivity index (χ0n) is 16.4. The molecule has 150 valence electrons. The Morgan fingerprint density at radius 3 is 2.76 bits per heavy atom. The van der Waals surface area contributed by atoms with Gasteiger partial charge in [-0.25, -0.2) is 4.98 Å². The van der Waals surface area contributed by atoms with Crippen molar-refractivity contribution < 1.29 is 4.79 Å². The Kier molecular flexibility index (Phi) is 5.71. The number of aromatic amines is 1. The fourth-order valence-electron chi connectivity index (χ4n) is 3.59. The van der Waals surface area contributed by atoms with Crippen LogP contribution in [0.4, 0.5) is 11.5 Å². The van der Waals surface area contributed by atoms with Gasteiger partial charge in [-0.1, -0.05) is 23.8 Å². The molecule has 2 aromatic heterocycles. The maximum Gasteiger partial charge on any atom is 0.245 e. The number of hydrogen-bond acceptors (Lipinski definition) is 5. The highest BCUT2D eigenvalue weighted by Crippen LogP contribution is 2.21. The van der Waals surface area contributed by atoms with E-state index in [0.717, 1.165) is 29.9 Å². The number of anilines is 2. The van der Waals surface area contributed by atoms with E-state index in [2.05, 4.69) is 25.4 Å². The second-order valence-corrected chi connectivity index (χ2v) is 7.69. The minimum absolute atomic E-state index is 0.0637. The fraction of sp³-hybridized carbons (Fsp3) is 0.333. The summed E-state index contributed by atoms with van der Waals surface area (Å²) in [4.78, 5) is 19.3. The molecule has 1 saturated heterocycles. The summed E-state index contributed by atoms with van der Waals surface area (Å²) in [6.45, 7) is 4.21. The van der Waals surface area contributed by atoms with Crippen LogP contribution in [0, 0.1) is 11.7 Å². The zero-order chi connectivity index (χ0) is 20.2. The van der Waals surface area contributed by atoms with Crippen molar-refractivity contribution in [2.45, 2.75) is 32.7 Å². The van der Waals surface area contributed by atoms with Gasteiger partial charge in [0.2, 0.25) is 5.91 Å². The Hall–Kier alpha value is -3.00. The van der Waals surface area contributed by atoms with Gasteiger partial charge in [0.25, 0.3) is 0 Å². The summed E-state index contributed by atoms with van der Waals surface area (Å²) in [5.41, 5.74) is 3.13. The summed E-state index contributed by atoms with van der Waals surface area (Å²) in [6.07, 6.45) is 5.54. The van der Waals surface area contributed by atoms with Crippen molar-refractivity contribution in [3.63, 3.8) is 0 Å². The van der Waals surface area contributed by atoms with Crippen LogP contribution >= 0.6 is 12.2 Å². The van der Waals surface area contributed by atoms with E-state index >= 15 is 0 Å². The van der Waals surface area contributed by atoms with Gasteiger partial charge in [-0.15, -0.1) is 0 Å². The van der Waals surface area contributed by atoms with Gasteiger partial charge in [-0.05, 0) is 56.6 Å². The number of piperidine rings is 1. The minimum atomic E-state index is -0.199. The summed E-state index contributed by atoms with van der Waals surface area (Å²) in [5.74, 6) is 0.972. The van der Waals surface area contributed by atoms with E-state index < -0.39 is 0 Å². The smallest absolute Gasteiger partial charge is 0.245 e. The number of hydrogen-bond donors (Lipinski definition) is 2. The lowest BCUT2D eigenvalue weighted by Gasteiger charge is -2.28. The lowest BCUT2D eigenvalue weighted by Crippen LogP contribution is -2.29. The third-order valence-electron chi connectivity index (χ3n) is 5.07. The number of nitrogens with zero attached hydrogens (tertiary/aromatic N) is 4. The Morgan fingerprint density at radius 2 is 2.03 bits per heavy atom. The third-order valence-corrected chi connectivity index (χ3v) is 5.38. The predicted molar refractivity (Wildman–Crippen MR) is 117 cm³/mol. The normalized spacial score (nSPS) is 14.0. The van der Waals surface area contributed by atoms with Gasteiger partial charge in [-0.3, -0.25) is 14.5 Å². The van der Waals surface area contributed by atoms with E-state index in [4.69, 9.17) is 12.2 Å². The van der Waals surface area contributed by atoms with Crippen molar-refractivity contribution in [2.24, 2.45) is 0 Å². The molecule has 0 saturated carbocycles. The Labute approximate surface area is 174 Å². The standard InChI is InChI=1S/C21H24N6OS/c1-15-6-5-7-16(12-15)20-24-25-21(29)27(20)14-19(28)23-18-9-8-17(13-22-18)26-10-3-2-4-11-26/h5-9,12-13H,2-4,10-11,14H2,1H3,(H,25,29)(H,22,23,28). The Bertz CT molecular complexity index is 1050. The fourth-order valence-corrected chi connectivity index (χ4v) is 3.79. The van der Waals surface area contributed by atoms with E-state index in [0.29, 0.717) is 16.4 Å². The van der Waals surface area contributed by atoms with Crippen LogP contribution in [0.25, 0.3) is 11.4 Å². The molecule has 0 spiro atoms. The van der Waals surface area contributed by atoms with Crippen molar-refractivity contribution in [1.29, 1.82) is 0 Å². The van der Waals surface area contributed by atoms with Crippen LogP contribution in [-0.4, -0.2) is 38.7 Å². The first-order valence-corrected chi connectivity index (χ1v) is 10.2. The number of amides is 1. The molecule has 0 unspecified atom stereocenters. The second kappa shape index (κ2) is 8.57. The lowest BCUT2D eigenvalue weighted by molar-refractivity contribution is -0.116. The zero-order valence-corrected chi connectivity index (χ0v) is 17.2. The van der Waals surface area contributed by atoms with Gasteiger partial charge < -0.3 is 10.2 Å². The summed E-state index contributed by atoms with van der Waals surface area (Å²) in [7, 11) is 0. The van der Waals surface area contributed by atoms with E-state index in [-0.39, 0.29) is 12.5 Å². The van der Waals surface area contributed by atoms with Crippen LogP contribution in [0.5, 0.6) is 0 Å². The molecule has 1 aliphatic heterocycles. The van der Waals surface area contributed by atoms with Crippen LogP contribution in [0.15, 0.2) is 42.6 Å². The maximum atomic E-state index is 12.6. The molecule has 0 bridgehead atoms. The first-order chi connectivity index (χ1) is 14.1. The van der Waals surface area contributed by atoms with Crippen LogP contribution in [0.1, 0.15) is 24.8 Å². The summed E-state index contributed by atoms with van der Waals surface area (Å²) in [6, 6.07) is 11.8. The van der Waals surface area contributed by atoms with Crippen LogP contribution in [-0.2, 0) is 11.3 Å². The maximum absolute atomic E-state index is 12.6. The summed E-state index contributed by atoms with van der Waals surface area (Å²) in [5, 5.41) is 9.93. The van der Waals surface area contributed by atoms with Gasteiger partial charge in [0.1, 0.15) is 12.4 Å². The number of benzene rings is 1. The first kappa shape index (κ1) is 19.3. The van der Waals surface area contributed by atoms with E-state index in [9.17, 15) is 4.79 Å². The number of carbonyl (C=O) groups excluding carboxylic acids is 1. The van der Waals surface area contributed by atoms with E-state index in [1.165, 1.54) is 19.3 Å². The first-order valence-electron chi connectivity index (χ1n) is 9.83. The molecule has 3 heterocycles. The van der Waals surface area contributed by atoms with Crippen LogP contribution < -0.4 is 10.2 Å². The molecule has 1 aliphatic rings. The highest BCUT2D eigenvalue weighted by Gasteiger charge is 2.14. The third kappa shape index (κ3) is 4.54. The molecule has 7 nitrogen and oxygen atoms in total. The predicted octanol–water partition coefficient (Wildman–Crippen LogP) is 3.94. The molecule has 29 heavy (non-hydrogen) atoms. The number of aromatic nitrogens is 4. The lowest BCUT2D eigenvalue weighted by atomic mass is 10.1. The van der Waals surface area contributed by atoms with Crippen LogP contribution in [0.2, 0.25) is 0 Å². The molecule has 0 radical (unpaired) electrons. The van der Waals surface area contributed by atoms with Gasteiger partial charge in [0.05, 0.1) is 11.9 Å². The number of carbonyl (C=O) groups is 1. The van der Waals surface area contributed by atoms with Crippen molar-refractivity contribution in [3.8, 4) is 11.4 Å². The van der Waals surface area contributed by atoms with Crippen molar-refractivity contribution >= 4 is 29.6 Å². The molecule has 1 aromatic carbocycles. The Morgan fingerprint density at radius 1 is 1.21 bits per heavy atom. The molecule has 8 heteroatoms. The average Bonchev–Trinajstić information content (AvgIpc) is 3.09. The molecule has 3 aromatic rings. The molecular formula is C21H24N6OS.